The Morgan fingerprint density at radius 2 is 1.50 bits per heavy atom. The monoisotopic (exact) mass is 350 g/mol. The standard InChI is InChI=1S/C22H22O4/c1-22(2)21-15(10-26-22)8-18(24)20(21)13-5-3-12(4-6-13)19-16-11-25-9-14(16)7-17(19)23/h3-6,14-15H,7-11H2,1-2H3/t14-,15-/m0/s1. The van der Waals surface area contributed by atoms with E-state index in [1.807, 2.05) is 38.1 Å². The summed E-state index contributed by atoms with van der Waals surface area (Å²) < 4.78 is 11.4. The van der Waals surface area contributed by atoms with Gasteiger partial charge in [-0.25, -0.2) is 0 Å². The lowest BCUT2D eigenvalue weighted by Crippen LogP contribution is -2.21. The molecule has 2 fully saturated rings. The second-order valence-corrected chi connectivity index (χ2v) is 8.25. The lowest BCUT2D eigenvalue weighted by atomic mass is 9.88. The maximum absolute atomic E-state index is 12.6. The molecule has 2 atom stereocenters. The third-order valence-corrected chi connectivity index (χ3v) is 6.25. The minimum absolute atomic E-state index is 0.206. The summed E-state index contributed by atoms with van der Waals surface area (Å²) in [6.45, 7) is 5.93. The fourth-order valence-electron chi connectivity index (χ4n) is 5.06. The normalized spacial score (nSPS) is 29.8. The third-order valence-electron chi connectivity index (χ3n) is 6.25. The van der Waals surface area contributed by atoms with E-state index in [2.05, 4.69) is 0 Å². The molecular weight excluding hydrogens is 328 g/mol. The molecule has 0 saturated carbocycles. The first-order chi connectivity index (χ1) is 12.5. The number of rotatable bonds is 2. The van der Waals surface area contributed by atoms with Gasteiger partial charge in [-0.3, -0.25) is 9.59 Å². The molecule has 0 N–H and O–H groups in total. The van der Waals surface area contributed by atoms with Crippen LogP contribution in [0.3, 0.4) is 0 Å². The molecule has 1 aromatic rings. The molecule has 0 spiro atoms. The fraction of sp³-hybridized carbons (Fsp3) is 0.455. The molecule has 5 rings (SSSR count). The Morgan fingerprint density at radius 1 is 0.885 bits per heavy atom. The summed E-state index contributed by atoms with van der Waals surface area (Å²) in [5.74, 6) is 0.892. The Hall–Kier alpha value is -2.04. The van der Waals surface area contributed by atoms with E-state index in [0.29, 0.717) is 32.7 Å². The molecule has 134 valence electrons. The zero-order valence-electron chi connectivity index (χ0n) is 15.1. The number of ether oxygens (including phenoxy) is 2. The van der Waals surface area contributed by atoms with Crippen molar-refractivity contribution in [2.75, 3.05) is 19.8 Å². The van der Waals surface area contributed by atoms with Crippen molar-refractivity contribution in [3.63, 3.8) is 0 Å². The smallest absolute Gasteiger partial charge is 0.164 e. The SMILES string of the molecule is CC1(C)OC[C@@H]2CC(=O)C(c3ccc(C4=C5COC[C@@H]5CC4=O)cc3)=C21. The highest BCUT2D eigenvalue weighted by atomic mass is 16.5. The van der Waals surface area contributed by atoms with E-state index in [1.165, 1.54) is 0 Å². The van der Waals surface area contributed by atoms with Gasteiger partial charge in [0.1, 0.15) is 0 Å². The van der Waals surface area contributed by atoms with E-state index in [9.17, 15) is 9.59 Å². The van der Waals surface area contributed by atoms with E-state index < -0.39 is 0 Å². The second-order valence-electron chi connectivity index (χ2n) is 8.25. The number of hydrogen-bond acceptors (Lipinski definition) is 4. The van der Waals surface area contributed by atoms with Crippen molar-refractivity contribution < 1.29 is 19.1 Å². The van der Waals surface area contributed by atoms with Gasteiger partial charge in [-0.15, -0.1) is 0 Å². The minimum Gasteiger partial charge on any atom is -0.376 e. The van der Waals surface area contributed by atoms with Crippen molar-refractivity contribution in [3.05, 3.63) is 46.5 Å². The number of hydrogen-bond donors (Lipinski definition) is 0. The van der Waals surface area contributed by atoms with Gasteiger partial charge in [0.05, 0.1) is 25.4 Å². The minimum atomic E-state index is -0.384. The van der Waals surface area contributed by atoms with Crippen LogP contribution in [0, 0.1) is 11.8 Å². The predicted molar refractivity (Wildman–Crippen MR) is 97.4 cm³/mol. The number of benzene rings is 1. The molecule has 2 heterocycles. The maximum Gasteiger partial charge on any atom is 0.164 e. The number of fused-ring (bicyclic) bond motifs is 2. The van der Waals surface area contributed by atoms with Crippen LogP contribution in [0.4, 0.5) is 0 Å². The average molecular weight is 350 g/mol. The highest BCUT2D eigenvalue weighted by Crippen LogP contribution is 2.47. The summed E-state index contributed by atoms with van der Waals surface area (Å²) >= 11 is 0. The van der Waals surface area contributed by atoms with Gasteiger partial charge in [0.25, 0.3) is 0 Å². The molecule has 0 aromatic heterocycles. The van der Waals surface area contributed by atoms with Crippen molar-refractivity contribution in [3.8, 4) is 0 Å². The summed E-state index contributed by atoms with van der Waals surface area (Å²) in [7, 11) is 0. The van der Waals surface area contributed by atoms with Gasteiger partial charge in [0.2, 0.25) is 0 Å². The zero-order chi connectivity index (χ0) is 18.1. The Balaban J connectivity index is 1.55. The topological polar surface area (TPSA) is 52.6 Å². The van der Waals surface area contributed by atoms with Crippen LogP contribution in [0.15, 0.2) is 35.4 Å². The van der Waals surface area contributed by atoms with E-state index in [0.717, 1.165) is 33.4 Å². The summed E-state index contributed by atoms with van der Waals surface area (Å²) in [5.41, 5.74) is 5.43. The lowest BCUT2D eigenvalue weighted by molar-refractivity contribution is -0.114. The Labute approximate surface area is 152 Å². The van der Waals surface area contributed by atoms with Crippen molar-refractivity contribution >= 4 is 22.7 Å². The molecule has 2 aliphatic carbocycles. The number of Topliss-reactive ketones (excluding diaryl/α,β-unsaturated/α-hetero) is 2. The van der Waals surface area contributed by atoms with Crippen LogP contribution >= 0.6 is 0 Å². The van der Waals surface area contributed by atoms with E-state index in [4.69, 9.17) is 9.47 Å². The van der Waals surface area contributed by atoms with Crippen molar-refractivity contribution in [2.24, 2.45) is 11.8 Å². The largest absolute Gasteiger partial charge is 0.376 e. The summed E-state index contributed by atoms with van der Waals surface area (Å²) in [4.78, 5) is 25.0. The van der Waals surface area contributed by atoms with Crippen LogP contribution in [0.25, 0.3) is 11.1 Å². The van der Waals surface area contributed by atoms with Gasteiger partial charge >= 0.3 is 0 Å². The van der Waals surface area contributed by atoms with Crippen molar-refractivity contribution in [1.29, 1.82) is 0 Å². The van der Waals surface area contributed by atoms with Gasteiger partial charge in [-0.2, -0.15) is 0 Å². The molecule has 0 unspecified atom stereocenters. The Morgan fingerprint density at radius 3 is 2.23 bits per heavy atom. The Kier molecular flexibility index (Phi) is 3.40. The van der Waals surface area contributed by atoms with Gasteiger partial charge in [0, 0.05) is 35.8 Å². The first-order valence-corrected chi connectivity index (χ1v) is 9.32. The van der Waals surface area contributed by atoms with Gasteiger partial charge < -0.3 is 9.47 Å². The zero-order valence-corrected chi connectivity index (χ0v) is 15.1. The number of carbonyl (C=O) groups excluding carboxylic acids is 2. The van der Waals surface area contributed by atoms with Gasteiger partial charge in [-0.05, 0) is 36.1 Å². The molecule has 0 radical (unpaired) electrons. The molecule has 0 bridgehead atoms. The van der Waals surface area contributed by atoms with Crippen LogP contribution in [0.1, 0.15) is 37.8 Å². The first kappa shape index (κ1) is 16.2. The molecule has 4 heteroatoms. The van der Waals surface area contributed by atoms with E-state index >= 15 is 0 Å². The van der Waals surface area contributed by atoms with E-state index in [1.54, 1.807) is 0 Å². The molecule has 1 aromatic carbocycles. The molecule has 4 aliphatic rings. The molecule has 0 amide bonds. The van der Waals surface area contributed by atoms with Crippen LogP contribution in [0.5, 0.6) is 0 Å². The average Bonchev–Trinajstić information content (AvgIpc) is 3.31. The van der Waals surface area contributed by atoms with Crippen LogP contribution in [0.2, 0.25) is 0 Å². The van der Waals surface area contributed by atoms with Gasteiger partial charge in [0.15, 0.2) is 11.6 Å². The Bertz CT molecular complexity index is 885. The van der Waals surface area contributed by atoms with Crippen LogP contribution in [-0.4, -0.2) is 37.0 Å². The van der Waals surface area contributed by atoms with Crippen LogP contribution < -0.4 is 0 Å². The van der Waals surface area contributed by atoms with Crippen molar-refractivity contribution in [1.82, 2.24) is 0 Å². The second kappa shape index (κ2) is 5.48. The quantitative estimate of drug-likeness (QED) is 0.822. The molecule has 2 aliphatic heterocycles. The summed E-state index contributed by atoms with van der Waals surface area (Å²) in [5, 5.41) is 0. The fourth-order valence-corrected chi connectivity index (χ4v) is 5.06. The first-order valence-electron chi connectivity index (χ1n) is 9.32. The molecule has 2 saturated heterocycles. The molecule has 4 nitrogen and oxygen atoms in total. The van der Waals surface area contributed by atoms with Crippen LogP contribution in [-0.2, 0) is 19.1 Å². The highest BCUT2D eigenvalue weighted by molar-refractivity contribution is 6.26. The molecule has 26 heavy (non-hydrogen) atoms. The highest BCUT2D eigenvalue weighted by Gasteiger charge is 2.46. The lowest BCUT2D eigenvalue weighted by Gasteiger charge is -2.21. The maximum atomic E-state index is 12.6. The third kappa shape index (κ3) is 2.22. The van der Waals surface area contributed by atoms with Crippen molar-refractivity contribution in [2.45, 2.75) is 32.3 Å². The summed E-state index contributed by atoms with van der Waals surface area (Å²) in [6.07, 6.45) is 1.11. The number of carbonyl (C=O) groups is 2. The number of ketones is 2. The van der Waals surface area contributed by atoms with Gasteiger partial charge in [-0.1, -0.05) is 24.3 Å². The predicted octanol–water partition coefficient (Wildman–Crippen LogP) is 3.21. The molecular formula is C22H22O4. The van der Waals surface area contributed by atoms with E-state index in [-0.39, 0.29) is 29.0 Å². The number of allylic oxidation sites excluding steroid dienone is 2. The summed E-state index contributed by atoms with van der Waals surface area (Å²) in [6, 6.07) is 7.92.